The highest BCUT2D eigenvalue weighted by Gasteiger charge is 2.39. The first kappa shape index (κ1) is 16.7. The van der Waals surface area contributed by atoms with E-state index < -0.39 is 5.91 Å². The lowest BCUT2D eigenvalue weighted by Gasteiger charge is -2.10. The molecule has 5 nitrogen and oxygen atoms in total. The minimum atomic E-state index is -0.426. The Morgan fingerprint density at radius 1 is 1.17 bits per heavy atom. The lowest BCUT2D eigenvalue weighted by atomic mass is 10.2. The van der Waals surface area contributed by atoms with Crippen LogP contribution in [0.15, 0.2) is 36.5 Å². The molecule has 0 unspecified atom stereocenters. The molecule has 0 aliphatic heterocycles. The molecule has 1 aliphatic rings. The fourth-order valence-corrected chi connectivity index (χ4v) is 2.96. The molecule has 7 heteroatoms. The third-order valence-corrected chi connectivity index (χ3v) is 4.54. The molecular weight excluding hydrogens is 349 g/mol. The van der Waals surface area contributed by atoms with Gasteiger partial charge in [0.25, 0.3) is 5.91 Å². The Labute approximate surface area is 149 Å². The Morgan fingerprint density at radius 2 is 1.83 bits per heavy atom. The normalized spacial score (nSPS) is 18.8. The van der Waals surface area contributed by atoms with Crippen molar-refractivity contribution in [1.29, 1.82) is 0 Å². The van der Waals surface area contributed by atoms with Crippen LogP contribution in [0.25, 0.3) is 0 Å². The van der Waals surface area contributed by atoms with Crippen LogP contribution in [0.4, 0.5) is 11.5 Å². The summed E-state index contributed by atoms with van der Waals surface area (Å²) in [5.41, 5.74) is 0.695. The number of halogens is 2. The molecule has 0 spiro atoms. The molecule has 24 heavy (non-hydrogen) atoms. The molecule has 1 aromatic carbocycles. The summed E-state index contributed by atoms with van der Waals surface area (Å²) >= 11 is 12.1. The maximum Gasteiger partial charge on any atom is 0.258 e. The summed E-state index contributed by atoms with van der Waals surface area (Å²) in [6.45, 7) is 2.03. The molecule has 124 valence electrons. The van der Waals surface area contributed by atoms with Crippen LogP contribution < -0.4 is 10.6 Å². The number of carbonyl (C=O) groups is 2. The van der Waals surface area contributed by atoms with Crippen LogP contribution in [0, 0.1) is 11.8 Å². The molecule has 1 saturated carbocycles. The Morgan fingerprint density at radius 3 is 2.46 bits per heavy atom. The van der Waals surface area contributed by atoms with Crippen molar-refractivity contribution < 1.29 is 9.59 Å². The first-order chi connectivity index (χ1) is 11.5. The Kier molecular flexibility index (Phi) is 4.73. The Balaban J connectivity index is 1.72. The van der Waals surface area contributed by atoms with Crippen LogP contribution in [-0.2, 0) is 4.79 Å². The fraction of sp³-hybridized carbons (Fsp3) is 0.235. The second-order valence-corrected chi connectivity index (χ2v) is 6.60. The lowest BCUT2D eigenvalue weighted by molar-refractivity contribution is -0.117. The zero-order chi connectivity index (χ0) is 17.3. The maximum atomic E-state index is 12.4. The van der Waals surface area contributed by atoms with Crippen molar-refractivity contribution in [3.05, 3.63) is 52.1 Å². The zero-order valence-electron chi connectivity index (χ0n) is 12.8. The van der Waals surface area contributed by atoms with Gasteiger partial charge in [0.2, 0.25) is 5.91 Å². The van der Waals surface area contributed by atoms with Gasteiger partial charge in [-0.2, -0.15) is 0 Å². The summed E-state index contributed by atoms with van der Waals surface area (Å²) in [6, 6.07) is 8.07. The number of rotatable bonds is 4. The summed E-state index contributed by atoms with van der Waals surface area (Å²) in [5.74, 6) is 0.377. The molecule has 0 bridgehead atoms. The van der Waals surface area contributed by atoms with E-state index in [-0.39, 0.29) is 27.4 Å². The van der Waals surface area contributed by atoms with Gasteiger partial charge in [0.1, 0.15) is 5.82 Å². The number of benzene rings is 1. The number of amides is 2. The molecule has 2 N–H and O–H groups in total. The first-order valence-corrected chi connectivity index (χ1v) is 8.23. The molecule has 2 atom stereocenters. The molecule has 0 saturated heterocycles. The quantitative estimate of drug-likeness (QED) is 0.853. The number of aromatic nitrogens is 1. The van der Waals surface area contributed by atoms with Crippen molar-refractivity contribution in [2.75, 3.05) is 10.6 Å². The smallest absolute Gasteiger partial charge is 0.258 e. The van der Waals surface area contributed by atoms with E-state index in [1.807, 2.05) is 6.92 Å². The molecule has 1 aromatic heterocycles. The third kappa shape index (κ3) is 3.68. The summed E-state index contributed by atoms with van der Waals surface area (Å²) in [5, 5.41) is 6.00. The van der Waals surface area contributed by atoms with E-state index in [0.717, 1.165) is 6.42 Å². The van der Waals surface area contributed by atoms with E-state index in [1.165, 1.54) is 6.20 Å². The van der Waals surface area contributed by atoms with Crippen molar-refractivity contribution in [2.24, 2.45) is 11.8 Å². The van der Waals surface area contributed by atoms with Gasteiger partial charge in [0, 0.05) is 23.9 Å². The first-order valence-electron chi connectivity index (χ1n) is 7.48. The maximum absolute atomic E-state index is 12.4. The highest BCUT2D eigenvalue weighted by atomic mass is 35.5. The van der Waals surface area contributed by atoms with E-state index in [2.05, 4.69) is 15.6 Å². The second kappa shape index (κ2) is 6.79. The third-order valence-electron chi connectivity index (χ3n) is 3.91. The minimum Gasteiger partial charge on any atom is -0.322 e. The molecule has 1 heterocycles. The molecular formula is C17H15Cl2N3O2. The van der Waals surface area contributed by atoms with Crippen LogP contribution >= 0.6 is 23.2 Å². The van der Waals surface area contributed by atoms with Gasteiger partial charge in [-0.05, 0) is 30.5 Å². The number of pyridine rings is 1. The molecule has 0 radical (unpaired) electrons. The van der Waals surface area contributed by atoms with Crippen molar-refractivity contribution in [3.63, 3.8) is 0 Å². The number of anilines is 2. The lowest BCUT2D eigenvalue weighted by Crippen LogP contribution is -2.16. The van der Waals surface area contributed by atoms with E-state index in [1.54, 1.807) is 30.3 Å². The highest BCUT2D eigenvalue weighted by molar-refractivity contribution is 6.40. The van der Waals surface area contributed by atoms with Crippen molar-refractivity contribution in [3.8, 4) is 0 Å². The second-order valence-electron chi connectivity index (χ2n) is 5.79. The topological polar surface area (TPSA) is 71.1 Å². The molecule has 1 fully saturated rings. The molecule has 2 aromatic rings. The molecule has 3 rings (SSSR count). The summed E-state index contributed by atoms with van der Waals surface area (Å²) in [7, 11) is 0. The predicted octanol–water partition coefficient (Wildman–Crippen LogP) is 4.24. The van der Waals surface area contributed by atoms with Gasteiger partial charge in [-0.1, -0.05) is 36.2 Å². The number of hydrogen-bond donors (Lipinski definition) is 2. The summed E-state index contributed by atoms with van der Waals surface area (Å²) < 4.78 is 0. The van der Waals surface area contributed by atoms with Crippen molar-refractivity contribution in [2.45, 2.75) is 13.3 Å². The highest BCUT2D eigenvalue weighted by Crippen LogP contribution is 2.38. The van der Waals surface area contributed by atoms with Crippen molar-refractivity contribution in [1.82, 2.24) is 4.98 Å². The summed E-state index contributed by atoms with van der Waals surface area (Å²) in [4.78, 5) is 28.4. The number of nitrogens with zero attached hydrogens (tertiary/aromatic N) is 1. The number of nitrogens with one attached hydrogen (secondary N) is 2. The van der Waals surface area contributed by atoms with Gasteiger partial charge in [0.15, 0.2) is 0 Å². The molecule has 1 aliphatic carbocycles. The summed E-state index contributed by atoms with van der Waals surface area (Å²) in [6.07, 6.45) is 2.41. The van der Waals surface area contributed by atoms with E-state index in [0.29, 0.717) is 17.4 Å². The number of carbonyl (C=O) groups excluding carboxylic acids is 2. The van der Waals surface area contributed by atoms with E-state index in [9.17, 15) is 9.59 Å². The van der Waals surface area contributed by atoms with E-state index in [4.69, 9.17) is 23.2 Å². The van der Waals surface area contributed by atoms with Crippen LogP contribution in [0.3, 0.4) is 0 Å². The van der Waals surface area contributed by atoms with Gasteiger partial charge >= 0.3 is 0 Å². The average molecular weight is 364 g/mol. The van der Waals surface area contributed by atoms with Gasteiger partial charge in [0.05, 0.1) is 15.6 Å². The van der Waals surface area contributed by atoms with Gasteiger partial charge in [-0.3, -0.25) is 9.59 Å². The minimum absolute atomic E-state index is 0.0481. The zero-order valence-corrected chi connectivity index (χ0v) is 14.4. The monoisotopic (exact) mass is 363 g/mol. The van der Waals surface area contributed by atoms with Gasteiger partial charge in [-0.25, -0.2) is 4.98 Å². The van der Waals surface area contributed by atoms with Crippen molar-refractivity contribution >= 4 is 46.5 Å². The SMILES string of the molecule is C[C@@H]1C[C@@H]1C(=O)Nc1cc(NC(=O)c2c(Cl)cccc2Cl)ccn1. The standard InChI is InChI=1S/C17H15Cl2N3O2/c1-9-7-11(9)16(23)22-14-8-10(5-6-20-14)21-17(24)15-12(18)3-2-4-13(15)19/h2-6,8-9,11H,7H2,1H3,(H2,20,21,22,23,24)/t9-,11+/m1/s1. The van der Waals surface area contributed by atoms with E-state index >= 15 is 0 Å². The van der Waals surface area contributed by atoms with Gasteiger partial charge in [-0.15, -0.1) is 0 Å². The predicted molar refractivity (Wildman–Crippen MR) is 94.6 cm³/mol. The van der Waals surface area contributed by atoms with Gasteiger partial charge < -0.3 is 10.6 Å². The van der Waals surface area contributed by atoms with Crippen LogP contribution in [0.2, 0.25) is 10.0 Å². The largest absolute Gasteiger partial charge is 0.322 e. The van der Waals surface area contributed by atoms with Crippen LogP contribution in [-0.4, -0.2) is 16.8 Å². The van der Waals surface area contributed by atoms with Crippen LogP contribution in [0.5, 0.6) is 0 Å². The van der Waals surface area contributed by atoms with Crippen LogP contribution in [0.1, 0.15) is 23.7 Å². The number of hydrogen-bond acceptors (Lipinski definition) is 3. The molecule has 2 amide bonds. The average Bonchev–Trinajstić information content (AvgIpc) is 3.24. The fourth-order valence-electron chi connectivity index (χ4n) is 2.39. The Hall–Kier alpha value is -2.11. The Bertz CT molecular complexity index is 790.